The molecule has 0 aromatic carbocycles. The second-order valence-electron chi connectivity index (χ2n) is 4.11. The van der Waals surface area contributed by atoms with Crippen LogP contribution >= 0.6 is 0 Å². The summed E-state index contributed by atoms with van der Waals surface area (Å²) >= 11 is 0. The molecule has 12 heavy (non-hydrogen) atoms. The number of ether oxygens (including phenoxy) is 1. The molecule has 0 rings (SSSR count). The van der Waals surface area contributed by atoms with Crippen LogP contribution in [-0.2, 0) is 14.5 Å². The maximum atomic E-state index is 5.28. The van der Waals surface area contributed by atoms with Crippen LogP contribution in [-0.4, -0.2) is 18.0 Å². The first-order chi connectivity index (χ1) is 5.27. The standard InChI is InChI=1S/C9H20O3/c1-7-10-9(5,6)12-11-8(2,3)4/h7H2,1-6H3. The van der Waals surface area contributed by atoms with E-state index in [1.54, 1.807) is 0 Å². The van der Waals surface area contributed by atoms with Gasteiger partial charge in [-0.3, -0.25) is 0 Å². The van der Waals surface area contributed by atoms with Gasteiger partial charge in [0, 0.05) is 6.61 Å². The molecule has 74 valence electrons. The molecule has 0 unspecified atom stereocenters. The lowest BCUT2D eigenvalue weighted by Crippen LogP contribution is -2.33. The molecule has 0 atom stereocenters. The maximum Gasteiger partial charge on any atom is 0.195 e. The van der Waals surface area contributed by atoms with Crippen molar-refractivity contribution in [2.45, 2.75) is 52.9 Å². The Bertz CT molecular complexity index is 124. The fourth-order valence-corrected chi connectivity index (χ4v) is 0.597. The summed E-state index contributed by atoms with van der Waals surface area (Å²) in [5, 5.41) is 0. The van der Waals surface area contributed by atoms with Gasteiger partial charge in [-0.15, -0.1) is 0 Å². The van der Waals surface area contributed by atoms with Crippen molar-refractivity contribution in [1.29, 1.82) is 0 Å². The summed E-state index contributed by atoms with van der Waals surface area (Å²) in [4.78, 5) is 10.2. The summed E-state index contributed by atoms with van der Waals surface area (Å²) in [5.41, 5.74) is -0.297. The maximum absolute atomic E-state index is 5.28. The second kappa shape index (κ2) is 4.21. The van der Waals surface area contributed by atoms with Crippen molar-refractivity contribution < 1.29 is 14.5 Å². The molecular weight excluding hydrogens is 156 g/mol. The zero-order chi connectivity index (χ0) is 9.83. The minimum absolute atomic E-state index is 0.297. The summed E-state index contributed by atoms with van der Waals surface area (Å²) in [6.45, 7) is 12.0. The predicted octanol–water partition coefficient (Wildman–Crippen LogP) is 2.51. The fourth-order valence-electron chi connectivity index (χ4n) is 0.597. The molecule has 3 nitrogen and oxygen atoms in total. The molecule has 0 heterocycles. The van der Waals surface area contributed by atoms with Crippen LogP contribution in [0.3, 0.4) is 0 Å². The summed E-state index contributed by atoms with van der Waals surface area (Å²) < 4.78 is 5.28. The van der Waals surface area contributed by atoms with Crippen LogP contribution in [0.1, 0.15) is 41.5 Å². The zero-order valence-corrected chi connectivity index (χ0v) is 8.93. The van der Waals surface area contributed by atoms with E-state index in [4.69, 9.17) is 14.5 Å². The van der Waals surface area contributed by atoms with Crippen molar-refractivity contribution in [2.24, 2.45) is 0 Å². The Labute approximate surface area is 74.9 Å². The monoisotopic (exact) mass is 176 g/mol. The molecule has 0 aromatic rings. The molecule has 0 bridgehead atoms. The highest BCUT2D eigenvalue weighted by Gasteiger charge is 2.23. The van der Waals surface area contributed by atoms with E-state index in [2.05, 4.69) is 0 Å². The smallest absolute Gasteiger partial charge is 0.195 e. The van der Waals surface area contributed by atoms with Crippen LogP contribution < -0.4 is 0 Å². The van der Waals surface area contributed by atoms with E-state index in [1.807, 2.05) is 41.5 Å². The van der Waals surface area contributed by atoms with Crippen molar-refractivity contribution in [3.63, 3.8) is 0 Å². The first kappa shape index (κ1) is 11.9. The largest absolute Gasteiger partial charge is 0.348 e. The van der Waals surface area contributed by atoms with Crippen LogP contribution in [0.15, 0.2) is 0 Å². The molecule has 0 saturated heterocycles. The van der Waals surface area contributed by atoms with Gasteiger partial charge in [-0.2, -0.15) is 0 Å². The summed E-state index contributed by atoms with van der Waals surface area (Å²) in [6, 6.07) is 0. The van der Waals surface area contributed by atoms with Crippen molar-refractivity contribution in [2.75, 3.05) is 6.61 Å². The van der Waals surface area contributed by atoms with Crippen molar-refractivity contribution >= 4 is 0 Å². The van der Waals surface area contributed by atoms with Crippen molar-refractivity contribution in [3.05, 3.63) is 0 Å². The third-order valence-corrected chi connectivity index (χ3v) is 0.984. The average Bonchev–Trinajstić information content (AvgIpc) is 1.83. The van der Waals surface area contributed by atoms with Gasteiger partial charge in [0.05, 0.1) is 5.60 Å². The Morgan fingerprint density at radius 3 is 1.75 bits per heavy atom. The second-order valence-corrected chi connectivity index (χ2v) is 4.11. The molecule has 0 fully saturated rings. The third-order valence-electron chi connectivity index (χ3n) is 0.984. The minimum Gasteiger partial charge on any atom is -0.348 e. The summed E-state index contributed by atoms with van der Waals surface area (Å²) in [6.07, 6.45) is 0. The quantitative estimate of drug-likeness (QED) is 0.374. The molecule has 0 N–H and O–H groups in total. The van der Waals surface area contributed by atoms with Gasteiger partial charge < -0.3 is 4.74 Å². The molecule has 0 radical (unpaired) electrons. The Kier molecular flexibility index (Phi) is 4.17. The average molecular weight is 176 g/mol. The van der Waals surface area contributed by atoms with Crippen LogP contribution in [0.2, 0.25) is 0 Å². The zero-order valence-electron chi connectivity index (χ0n) is 8.93. The first-order valence-corrected chi connectivity index (χ1v) is 4.27. The van der Waals surface area contributed by atoms with Gasteiger partial charge in [0.1, 0.15) is 0 Å². The van der Waals surface area contributed by atoms with Crippen molar-refractivity contribution in [3.8, 4) is 0 Å². The van der Waals surface area contributed by atoms with Gasteiger partial charge in [0.25, 0.3) is 0 Å². The Morgan fingerprint density at radius 2 is 1.42 bits per heavy atom. The summed E-state index contributed by atoms with van der Waals surface area (Å²) in [7, 11) is 0. The number of hydrogen-bond acceptors (Lipinski definition) is 3. The van der Waals surface area contributed by atoms with Crippen LogP contribution in [0.4, 0.5) is 0 Å². The molecular formula is C9H20O3. The highest BCUT2D eigenvalue weighted by atomic mass is 17.2. The van der Waals surface area contributed by atoms with E-state index >= 15 is 0 Å². The van der Waals surface area contributed by atoms with E-state index in [0.29, 0.717) is 6.61 Å². The van der Waals surface area contributed by atoms with E-state index in [9.17, 15) is 0 Å². The highest BCUT2D eigenvalue weighted by molar-refractivity contribution is 4.56. The van der Waals surface area contributed by atoms with Gasteiger partial charge >= 0.3 is 0 Å². The van der Waals surface area contributed by atoms with Crippen LogP contribution in [0.25, 0.3) is 0 Å². The topological polar surface area (TPSA) is 27.7 Å². The highest BCUT2D eigenvalue weighted by Crippen LogP contribution is 2.16. The number of hydrogen-bond donors (Lipinski definition) is 0. The van der Waals surface area contributed by atoms with E-state index < -0.39 is 5.79 Å². The molecule has 0 aromatic heterocycles. The molecule has 0 amide bonds. The van der Waals surface area contributed by atoms with Gasteiger partial charge in [-0.05, 0) is 41.5 Å². The fraction of sp³-hybridized carbons (Fsp3) is 1.00. The lowest BCUT2D eigenvalue weighted by Gasteiger charge is -2.27. The SMILES string of the molecule is CCOC(C)(C)OOC(C)(C)C. The van der Waals surface area contributed by atoms with Crippen molar-refractivity contribution in [1.82, 2.24) is 0 Å². The lowest BCUT2D eigenvalue weighted by atomic mass is 10.2. The normalized spacial score (nSPS) is 13.5. The van der Waals surface area contributed by atoms with Gasteiger partial charge in [-0.1, -0.05) is 0 Å². The van der Waals surface area contributed by atoms with E-state index in [0.717, 1.165) is 0 Å². The Balaban J connectivity index is 3.75. The number of rotatable bonds is 4. The minimum atomic E-state index is -0.665. The van der Waals surface area contributed by atoms with Crippen LogP contribution in [0, 0.1) is 0 Å². The van der Waals surface area contributed by atoms with Gasteiger partial charge in [0.15, 0.2) is 5.79 Å². The molecule has 0 spiro atoms. The Morgan fingerprint density at radius 1 is 0.917 bits per heavy atom. The molecule has 0 saturated carbocycles. The van der Waals surface area contributed by atoms with E-state index in [1.165, 1.54) is 0 Å². The van der Waals surface area contributed by atoms with E-state index in [-0.39, 0.29) is 5.60 Å². The van der Waals surface area contributed by atoms with Gasteiger partial charge in [-0.25, -0.2) is 9.78 Å². The molecule has 0 aliphatic heterocycles. The molecule has 3 heteroatoms. The summed E-state index contributed by atoms with van der Waals surface area (Å²) in [5.74, 6) is -0.665. The van der Waals surface area contributed by atoms with Crippen LogP contribution in [0.5, 0.6) is 0 Å². The molecule has 0 aliphatic carbocycles. The van der Waals surface area contributed by atoms with Gasteiger partial charge in [0.2, 0.25) is 0 Å². The third kappa shape index (κ3) is 6.58. The predicted molar refractivity (Wildman–Crippen MR) is 47.6 cm³/mol. The molecule has 0 aliphatic rings. The Hall–Kier alpha value is -0.120. The first-order valence-electron chi connectivity index (χ1n) is 4.27. The lowest BCUT2D eigenvalue weighted by molar-refractivity contribution is -0.449.